The lowest BCUT2D eigenvalue weighted by Gasteiger charge is -2.32. The molecule has 2 heterocycles. The smallest absolute Gasteiger partial charge is 0.336 e. The minimum Gasteiger partial charge on any atom is -0.468 e. The number of esters is 2. The Morgan fingerprint density at radius 3 is 2.65 bits per heavy atom. The monoisotopic (exact) mass is 434 g/mol. The van der Waals surface area contributed by atoms with Gasteiger partial charge in [0.05, 0.1) is 36.5 Å². The van der Waals surface area contributed by atoms with Gasteiger partial charge in [-0.05, 0) is 12.5 Å². The van der Waals surface area contributed by atoms with E-state index in [0.29, 0.717) is 31.6 Å². The van der Waals surface area contributed by atoms with Crippen LogP contribution in [-0.2, 0) is 23.8 Å². The number of allylic oxidation sites excluding steroid dienone is 1. The van der Waals surface area contributed by atoms with Gasteiger partial charge in [0.25, 0.3) is 5.69 Å². The van der Waals surface area contributed by atoms with E-state index in [-0.39, 0.29) is 22.7 Å². The van der Waals surface area contributed by atoms with Gasteiger partial charge in [-0.25, -0.2) is 9.18 Å². The number of nitro groups is 1. The van der Waals surface area contributed by atoms with Gasteiger partial charge in [-0.1, -0.05) is 12.1 Å². The van der Waals surface area contributed by atoms with E-state index in [1.54, 1.807) is 6.07 Å². The number of hydrogen-bond donors (Lipinski definition) is 0. The maximum Gasteiger partial charge on any atom is 0.336 e. The molecule has 166 valence electrons. The number of rotatable bonds is 6. The second-order valence-electron chi connectivity index (χ2n) is 7.29. The topological polar surface area (TPSA) is 117 Å². The number of carbonyl (C=O) groups excluding carboxylic acids is 2. The molecule has 0 amide bonds. The van der Waals surface area contributed by atoms with Crippen molar-refractivity contribution in [2.75, 3.05) is 27.0 Å². The van der Waals surface area contributed by atoms with Crippen LogP contribution in [0.4, 0.5) is 10.1 Å². The first-order chi connectivity index (χ1) is 14.9. The van der Waals surface area contributed by atoms with Crippen LogP contribution in [0.3, 0.4) is 0 Å². The molecule has 3 rings (SSSR count). The summed E-state index contributed by atoms with van der Waals surface area (Å²) in [5, 5.41) is 11.3. The van der Waals surface area contributed by atoms with Crippen molar-refractivity contribution in [1.29, 1.82) is 0 Å². The Hall–Kier alpha value is -3.14. The van der Waals surface area contributed by atoms with Crippen molar-refractivity contribution >= 4 is 23.3 Å². The molecule has 10 heteroatoms. The number of nitrogens with zero attached hydrogens (tertiary/aromatic N) is 2. The highest BCUT2D eigenvalue weighted by molar-refractivity contribution is 6.07. The quantitative estimate of drug-likeness (QED) is 0.384. The fourth-order valence-corrected chi connectivity index (χ4v) is 3.91. The molecule has 0 N–H and O–H groups in total. The third-order valence-electron chi connectivity index (χ3n) is 5.40. The van der Waals surface area contributed by atoms with Crippen molar-refractivity contribution in [2.24, 2.45) is 10.9 Å². The summed E-state index contributed by atoms with van der Waals surface area (Å²) in [6.07, 6.45) is 0.575. The molecule has 0 spiro atoms. The third-order valence-corrected chi connectivity index (χ3v) is 5.40. The highest BCUT2D eigenvalue weighted by Crippen LogP contribution is 2.41. The Balaban J connectivity index is 2.11. The van der Waals surface area contributed by atoms with E-state index >= 15 is 0 Å². The molecular weight excluding hydrogens is 411 g/mol. The first kappa shape index (κ1) is 22.5. The van der Waals surface area contributed by atoms with Gasteiger partial charge in [0.15, 0.2) is 0 Å². The number of carbonyl (C=O) groups is 2. The molecule has 0 radical (unpaired) electrons. The van der Waals surface area contributed by atoms with Crippen LogP contribution >= 0.6 is 0 Å². The van der Waals surface area contributed by atoms with Gasteiger partial charge in [0.2, 0.25) is 0 Å². The van der Waals surface area contributed by atoms with Crippen molar-refractivity contribution in [3.05, 3.63) is 51.2 Å². The molecule has 1 aromatic rings. The highest BCUT2D eigenvalue weighted by Gasteiger charge is 2.43. The van der Waals surface area contributed by atoms with Crippen LogP contribution in [0.2, 0.25) is 0 Å². The van der Waals surface area contributed by atoms with Crippen LogP contribution in [0.25, 0.3) is 0 Å². The molecule has 2 unspecified atom stereocenters. The molecule has 1 aromatic carbocycles. The first-order valence-electron chi connectivity index (χ1n) is 9.82. The van der Waals surface area contributed by atoms with Crippen LogP contribution in [0.1, 0.15) is 31.2 Å². The van der Waals surface area contributed by atoms with Gasteiger partial charge in [-0.3, -0.25) is 19.9 Å². The second-order valence-corrected chi connectivity index (χ2v) is 7.29. The molecule has 0 aromatic heterocycles. The number of ether oxygens (including phenoxy) is 3. The molecule has 0 aliphatic carbocycles. The van der Waals surface area contributed by atoms with Gasteiger partial charge in [0.1, 0.15) is 18.7 Å². The Kier molecular flexibility index (Phi) is 7.11. The Morgan fingerprint density at radius 2 is 2.03 bits per heavy atom. The van der Waals surface area contributed by atoms with E-state index in [1.165, 1.54) is 32.2 Å². The SMILES string of the molecule is COC(=O)C1C(C)=NC(CF)=C(C(=O)OC2CCOCC2)C1c1cccc([N+](=O)[O-])c1. The number of halogens is 1. The average molecular weight is 434 g/mol. The molecule has 2 aliphatic heterocycles. The standard InChI is InChI=1S/C21H23FN2O7/c1-12-17(20(25)29-2)18(13-4-3-5-14(10-13)24(27)28)19(16(11-22)23-12)21(26)31-15-6-8-30-9-7-15/h3-5,10,15,17-18H,6-9,11H2,1-2H3. The number of nitro benzene ring substituents is 1. The van der Waals surface area contributed by atoms with E-state index in [0.717, 1.165) is 0 Å². The summed E-state index contributed by atoms with van der Waals surface area (Å²) in [5.74, 6) is -3.59. The molecule has 31 heavy (non-hydrogen) atoms. The Labute approximate surface area is 178 Å². The van der Waals surface area contributed by atoms with Crippen molar-refractivity contribution in [3.8, 4) is 0 Å². The van der Waals surface area contributed by atoms with Gasteiger partial charge in [-0.15, -0.1) is 0 Å². The van der Waals surface area contributed by atoms with Crippen molar-refractivity contribution < 1.29 is 33.1 Å². The van der Waals surface area contributed by atoms with Crippen LogP contribution in [0.15, 0.2) is 40.5 Å². The molecule has 9 nitrogen and oxygen atoms in total. The number of alkyl halides is 1. The van der Waals surface area contributed by atoms with E-state index in [1.807, 2.05) is 0 Å². The lowest BCUT2D eigenvalue weighted by atomic mass is 9.75. The van der Waals surface area contributed by atoms with E-state index < -0.39 is 41.5 Å². The number of non-ortho nitro benzene ring substituents is 1. The lowest BCUT2D eigenvalue weighted by molar-refractivity contribution is -0.384. The summed E-state index contributed by atoms with van der Waals surface area (Å²) in [6, 6.07) is 5.54. The summed E-state index contributed by atoms with van der Waals surface area (Å²) >= 11 is 0. The lowest BCUT2D eigenvalue weighted by Crippen LogP contribution is -2.38. The second kappa shape index (κ2) is 9.78. The van der Waals surface area contributed by atoms with Gasteiger partial charge in [-0.2, -0.15) is 0 Å². The van der Waals surface area contributed by atoms with Gasteiger partial charge < -0.3 is 14.2 Å². The highest BCUT2D eigenvalue weighted by atomic mass is 19.1. The summed E-state index contributed by atoms with van der Waals surface area (Å²) in [7, 11) is 1.19. The molecular formula is C21H23FN2O7. The normalized spacial score (nSPS) is 22.0. The zero-order chi connectivity index (χ0) is 22.5. The zero-order valence-electron chi connectivity index (χ0n) is 17.2. The molecule has 1 saturated heterocycles. The van der Waals surface area contributed by atoms with Crippen molar-refractivity contribution in [1.82, 2.24) is 0 Å². The Morgan fingerprint density at radius 1 is 1.32 bits per heavy atom. The van der Waals surface area contributed by atoms with Crippen LogP contribution in [0, 0.1) is 16.0 Å². The largest absolute Gasteiger partial charge is 0.468 e. The maximum atomic E-state index is 13.9. The maximum absolute atomic E-state index is 13.9. The fourth-order valence-electron chi connectivity index (χ4n) is 3.91. The molecule has 0 saturated carbocycles. The molecule has 1 fully saturated rings. The number of hydrogen-bond acceptors (Lipinski definition) is 8. The van der Waals surface area contributed by atoms with Crippen LogP contribution < -0.4 is 0 Å². The molecule has 2 aliphatic rings. The van der Waals surface area contributed by atoms with E-state index in [9.17, 15) is 24.1 Å². The number of benzene rings is 1. The summed E-state index contributed by atoms with van der Waals surface area (Å²) < 4.78 is 29.7. The minimum absolute atomic E-state index is 0.129. The number of methoxy groups -OCH3 is 1. The zero-order valence-corrected chi connectivity index (χ0v) is 17.2. The predicted molar refractivity (Wildman–Crippen MR) is 107 cm³/mol. The van der Waals surface area contributed by atoms with E-state index in [4.69, 9.17) is 14.2 Å². The van der Waals surface area contributed by atoms with E-state index in [2.05, 4.69) is 4.99 Å². The fraction of sp³-hybridized carbons (Fsp3) is 0.476. The van der Waals surface area contributed by atoms with Crippen LogP contribution in [0.5, 0.6) is 0 Å². The molecule has 2 atom stereocenters. The summed E-state index contributed by atoms with van der Waals surface area (Å²) in [5.41, 5.74) is 0.0317. The molecule has 0 bridgehead atoms. The van der Waals surface area contributed by atoms with Gasteiger partial charge >= 0.3 is 11.9 Å². The third kappa shape index (κ3) is 4.79. The van der Waals surface area contributed by atoms with Crippen LogP contribution in [-0.4, -0.2) is 55.7 Å². The minimum atomic E-state index is -1.06. The summed E-state index contributed by atoms with van der Waals surface area (Å²) in [4.78, 5) is 40.6. The summed E-state index contributed by atoms with van der Waals surface area (Å²) in [6.45, 7) is 1.34. The first-order valence-corrected chi connectivity index (χ1v) is 9.82. The van der Waals surface area contributed by atoms with Crippen molar-refractivity contribution in [3.63, 3.8) is 0 Å². The van der Waals surface area contributed by atoms with Crippen molar-refractivity contribution in [2.45, 2.75) is 31.8 Å². The van der Waals surface area contributed by atoms with Gasteiger partial charge in [0, 0.05) is 36.6 Å². The average Bonchev–Trinajstić information content (AvgIpc) is 2.78. The Bertz CT molecular complexity index is 937. The number of aliphatic imine (C=N–C) groups is 1. The predicted octanol–water partition coefficient (Wildman–Crippen LogP) is 2.89.